The van der Waals surface area contributed by atoms with Crippen molar-refractivity contribution in [2.75, 3.05) is 27.3 Å². The topological polar surface area (TPSA) is 61.8 Å². The molecule has 0 aromatic carbocycles. The number of likely N-dealkylation sites (N-methyl/N-ethyl adjacent to an activating group) is 1. The van der Waals surface area contributed by atoms with Crippen LogP contribution in [0.15, 0.2) is 0 Å². The Kier molecular flexibility index (Phi) is 6.23. The van der Waals surface area contributed by atoms with Gasteiger partial charge < -0.3 is 14.7 Å². The van der Waals surface area contributed by atoms with Crippen molar-refractivity contribution >= 4 is 5.97 Å². The molecule has 2 unspecified atom stereocenters. The smallest absolute Gasteiger partial charge is 0.323 e. The highest BCUT2D eigenvalue weighted by Gasteiger charge is 2.37. The third-order valence-corrected chi connectivity index (χ3v) is 3.92. The van der Waals surface area contributed by atoms with E-state index < -0.39 is 11.5 Å². The first-order chi connectivity index (χ1) is 8.89. The molecule has 19 heavy (non-hydrogen) atoms. The van der Waals surface area contributed by atoms with E-state index in [1.165, 1.54) is 0 Å². The molecule has 0 amide bonds. The second-order valence-corrected chi connectivity index (χ2v) is 5.94. The molecule has 0 saturated heterocycles. The summed E-state index contributed by atoms with van der Waals surface area (Å²) in [5.74, 6) is -0.744. The van der Waals surface area contributed by atoms with E-state index in [-0.39, 0.29) is 0 Å². The van der Waals surface area contributed by atoms with Gasteiger partial charge in [-0.25, -0.2) is 0 Å². The van der Waals surface area contributed by atoms with Crippen LogP contribution in [0.1, 0.15) is 39.5 Å². The van der Waals surface area contributed by atoms with E-state index in [9.17, 15) is 9.90 Å². The maximum Gasteiger partial charge on any atom is 0.323 e. The largest absolute Gasteiger partial charge is 0.480 e. The van der Waals surface area contributed by atoms with Gasteiger partial charge in [-0.2, -0.15) is 0 Å². The minimum atomic E-state index is -0.785. The molecule has 0 aromatic heterocycles. The number of carboxylic acid groups (broad SMARTS) is 1. The van der Waals surface area contributed by atoms with Crippen LogP contribution in [0.3, 0.4) is 0 Å². The van der Waals surface area contributed by atoms with Crippen molar-refractivity contribution < 1.29 is 14.6 Å². The van der Waals surface area contributed by atoms with Crippen LogP contribution in [0, 0.1) is 0 Å². The number of methoxy groups -OCH3 is 1. The summed E-state index contributed by atoms with van der Waals surface area (Å²) in [5.41, 5.74) is -0.785. The highest BCUT2D eigenvalue weighted by molar-refractivity contribution is 5.78. The quantitative estimate of drug-likeness (QED) is 0.628. The Hall–Kier alpha value is -0.650. The molecule has 2 N–H and O–H groups in total. The summed E-state index contributed by atoms with van der Waals surface area (Å²) in [6.45, 7) is 5.50. The van der Waals surface area contributed by atoms with Crippen LogP contribution in [0.25, 0.3) is 0 Å². The van der Waals surface area contributed by atoms with Crippen molar-refractivity contribution in [1.29, 1.82) is 0 Å². The SMILES string of the molecule is COCC(C)N(C)CCCC(C)(NC1CC1)C(=O)O. The number of aliphatic carboxylic acids is 1. The summed E-state index contributed by atoms with van der Waals surface area (Å²) in [7, 11) is 3.75. The average Bonchev–Trinajstić information content (AvgIpc) is 3.12. The summed E-state index contributed by atoms with van der Waals surface area (Å²) < 4.78 is 5.12. The zero-order valence-corrected chi connectivity index (χ0v) is 12.6. The van der Waals surface area contributed by atoms with Crippen LogP contribution in [0.2, 0.25) is 0 Å². The van der Waals surface area contributed by atoms with Crippen LogP contribution < -0.4 is 5.32 Å². The number of hydrogen-bond donors (Lipinski definition) is 2. The van der Waals surface area contributed by atoms with E-state index in [1.54, 1.807) is 14.0 Å². The number of carboxylic acids is 1. The van der Waals surface area contributed by atoms with Crippen LogP contribution >= 0.6 is 0 Å². The third kappa shape index (κ3) is 5.47. The van der Waals surface area contributed by atoms with Gasteiger partial charge in [0.1, 0.15) is 5.54 Å². The van der Waals surface area contributed by atoms with Crippen molar-refractivity contribution in [2.24, 2.45) is 0 Å². The van der Waals surface area contributed by atoms with Crippen LogP contribution in [-0.2, 0) is 9.53 Å². The Morgan fingerprint density at radius 1 is 1.58 bits per heavy atom. The second kappa shape index (κ2) is 7.22. The standard InChI is InChI=1S/C14H28N2O3/c1-11(10-19-4)16(3)9-5-8-14(2,13(17)18)15-12-6-7-12/h11-12,15H,5-10H2,1-4H3,(H,17,18). The predicted molar refractivity (Wildman–Crippen MR) is 75.4 cm³/mol. The lowest BCUT2D eigenvalue weighted by molar-refractivity contribution is -0.144. The van der Waals surface area contributed by atoms with Gasteiger partial charge in [-0.15, -0.1) is 0 Å². The third-order valence-electron chi connectivity index (χ3n) is 3.92. The van der Waals surface area contributed by atoms with Crippen molar-refractivity contribution in [1.82, 2.24) is 10.2 Å². The molecular weight excluding hydrogens is 244 g/mol. The Bertz CT molecular complexity index is 294. The molecule has 0 radical (unpaired) electrons. The summed E-state index contributed by atoms with van der Waals surface area (Å²) in [5, 5.41) is 12.6. The predicted octanol–water partition coefficient (Wildman–Crippen LogP) is 1.33. The molecule has 0 aromatic rings. The first-order valence-electron chi connectivity index (χ1n) is 7.09. The molecule has 5 heteroatoms. The van der Waals surface area contributed by atoms with Crippen LogP contribution in [-0.4, -0.2) is 60.9 Å². The zero-order valence-electron chi connectivity index (χ0n) is 12.6. The molecule has 2 atom stereocenters. The Morgan fingerprint density at radius 2 is 2.21 bits per heavy atom. The van der Waals surface area contributed by atoms with Crippen molar-refractivity contribution in [3.63, 3.8) is 0 Å². The molecule has 0 spiro atoms. The lowest BCUT2D eigenvalue weighted by atomic mass is 9.95. The molecule has 1 aliphatic rings. The molecule has 0 bridgehead atoms. The average molecular weight is 272 g/mol. The molecule has 0 aliphatic heterocycles. The van der Waals surface area contributed by atoms with Crippen LogP contribution in [0.5, 0.6) is 0 Å². The Balaban J connectivity index is 2.33. The Morgan fingerprint density at radius 3 is 2.68 bits per heavy atom. The maximum atomic E-state index is 11.4. The molecular formula is C14H28N2O3. The highest BCUT2D eigenvalue weighted by atomic mass is 16.5. The maximum absolute atomic E-state index is 11.4. The lowest BCUT2D eigenvalue weighted by Gasteiger charge is -2.29. The monoisotopic (exact) mass is 272 g/mol. The number of ether oxygens (including phenoxy) is 1. The summed E-state index contributed by atoms with van der Waals surface area (Å²) in [6, 6.07) is 0.767. The normalized spacial score (nSPS) is 20.3. The minimum absolute atomic E-state index is 0.359. The summed E-state index contributed by atoms with van der Waals surface area (Å²) >= 11 is 0. The van der Waals surface area contributed by atoms with Gasteiger partial charge in [0.05, 0.1) is 6.61 Å². The first kappa shape index (κ1) is 16.4. The van der Waals surface area contributed by atoms with Crippen molar-refractivity contribution in [2.45, 2.75) is 57.2 Å². The summed E-state index contributed by atoms with van der Waals surface area (Å²) in [6.07, 6.45) is 3.73. The molecule has 1 fully saturated rings. The zero-order chi connectivity index (χ0) is 14.5. The summed E-state index contributed by atoms with van der Waals surface area (Å²) in [4.78, 5) is 13.6. The molecule has 1 aliphatic carbocycles. The second-order valence-electron chi connectivity index (χ2n) is 5.94. The van der Waals surface area contributed by atoms with E-state index in [0.717, 1.165) is 25.8 Å². The van der Waals surface area contributed by atoms with Gasteiger partial charge in [0.25, 0.3) is 0 Å². The fourth-order valence-electron chi connectivity index (χ4n) is 2.19. The van der Waals surface area contributed by atoms with E-state index in [0.29, 0.717) is 25.1 Å². The number of rotatable bonds is 10. The van der Waals surface area contributed by atoms with Gasteiger partial charge in [-0.1, -0.05) is 0 Å². The van der Waals surface area contributed by atoms with Crippen LogP contribution in [0.4, 0.5) is 0 Å². The molecule has 1 saturated carbocycles. The number of nitrogens with zero attached hydrogens (tertiary/aromatic N) is 1. The fourth-order valence-corrected chi connectivity index (χ4v) is 2.19. The van der Waals surface area contributed by atoms with Crippen molar-refractivity contribution in [3.8, 4) is 0 Å². The highest BCUT2D eigenvalue weighted by Crippen LogP contribution is 2.25. The lowest BCUT2D eigenvalue weighted by Crippen LogP contribution is -2.51. The van der Waals surface area contributed by atoms with E-state index in [1.807, 2.05) is 0 Å². The minimum Gasteiger partial charge on any atom is -0.480 e. The van der Waals surface area contributed by atoms with Gasteiger partial charge in [-0.3, -0.25) is 10.1 Å². The van der Waals surface area contributed by atoms with Gasteiger partial charge >= 0.3 is 5.97 Å². The number of hydrogen-bond acceptors (Lipinski definition) is 4. The Labute approximate surface area is 116 Å². The number of nitrogens with one attached hydrogen (secondary N) is 1. The molecule has 112 valence electrons. The molecule has 0 heterocycles. The number of carbonyl (C=O) groups is 1. The van der Waals surface area contributed by atoms with Crippen molar-refractivity contribution in [3.05, 3.63) is 0 Å². The van der Waals surface area contributed by atoms with Gasteiger partial charge in [0.2, 0.25) is 0 Å². The van der Waals surface area contributed by atoms with Gasteiger partial charge in [0, 0.05) is 19.2 Å². The fraction of sp³-hybridized carbons (Fsp3) is 0.929. The van der Waals surface area contributed by atoms with E-state index in [4.69, 9.17) is 4.74 Å². The molecule has 1 rings (SSSR count). The van der Waals surface area contributed by atoms with Gasteiger partial charge in [-0.05, 0) is 53.1 Å². The first-order valence-corrected chi connectivity index (χ1v) is 7.09. The molecule has 5 nitrogen and oxygen atoms in total. The van der Waals surface area contributed by atoms with E-state index >= 15 is 0 Å². The van der Waals surface area contributed by atoms with E-state index in [2.05, 4.69) is 24.2 Å². The van der Waals surface area contributed by atoms with Gasteiger partial charge in [0.15, 0.2) is 0 Å².